The maximum Gasteiger partial charge on any atom is 0.292 e. The van der Waals surface area contributed by atoms with Crippen molar-refractivity contribution < 1.29 is 18.7 Å². The quantitative estimate of drug-likeness (QED) is 0.241. The number of rotatable bonds is 9. The van der Waals surface area contributed by atoms with Crippen molar-refractivity contribution in [2.75, 3.05) is 11.9 Å². The van der Waals surface area contributed by atoms with Crippen LogP contribution >= 0.6 is 39.1 Å². The molecule has 0 saturated heterocycles. The predicted octanol–water partition coefficient (Wildman–Crippen LogP) is 6.82. The van der Waals surface area contributed by atoms with Crippen molar-refractivity contribution >= 4 is 50.9 Å². The third-order valence-corrected chi connectivity index (χ3v) is 5.86. The maximum absolute atomic E-state index is 12.6. The number of aromatic nitrogens is 2. The zero-order valence-electron chi connectivity index (χ0n) is 18.1. The summed E-state index contributed by atoms with van der Waals surface area (Å²) >= 11 is 15.6. The van der Waals surface area contributed by atoms with Gasteiger partial charge in [-0.1, -0.05) is 29.3 Å². The SMILES string of the molecule is CCOc1ccc(OCc2ccc(C(=O)Nc3nn(Cc4ccc(Cl)cc4Cl)cc3Br)o2)cc1. The van der Waals surface area contributed by atoms with E-state index in [0.717, 1.165) is 11.3 Å². The van der Waals surface area contributed by atoms with Crippen molar-refractivity contribution in [3.63, 3.8) is 0 Å². The van der Waals surface area contributed by atoms with E-state index in [4.69, 9.17) is 37.1 Å². The molecule has 0 aliphatic rings. The molecule has 176 valence electrons. The molecule has 1 N–H and O–H groups in total. The molecule has 0 spiro atoms. The molecule has 0 radical (unpaired) electrons. The Labute approximate surface area is 214 Å². The fourth-order valence-corrected chi connectivity index (χ4v) is 3.97. The lowest BCUT2D eigenvalue weighted by Crippen LogP contribution is -2.12. The van der Waals surface area contributed by atoms with E-state index in [-0.39, 0.29) is 12.4 Å². The Morgan fingerprint density at radius 3 is 2.53 bits per heavy atom. The maximum atomic E-state index is 12.6. The minimum atomic E-state index is -0.428. The average molecular weight is 565 g/mol. The van der Waals surface area contributed by atoms with Gasteiger partial charge in [-0.2, -0.15) is 5.10 Å². The summed E-state index contributed by atoms with van der Waals surface area (Å²) in [5, 5.41) is 8.25. The van der Waals surface area contributed by atoms with E-state index in [0.29, 0.717) is 45.0 Å². The van der Waals surface area contributed by atoms with Crippen molar-refractivity contribution in [3.05, 3.63) is 92.4 Å². The van der Waals surface area contributed by atoms with Gasteiger partial charge in [0.2, 0.25) is 0 Å². The highest BCUT2D eigenvalue weighted by atomic mass is 79.9. The summed E-state index contributed by atoms with van der Waals surface area (Å²) in [4.78, 5) is 12.6. The molecule has 34 heavy (non-hydrogen) atoms. The fourth-order valence-electron chi connectivity index (χ4n) is 3.09. The molecule has 7 nitrogen and oxygen atoms in total. The van der Waals surface area contributed by atoms with Crippen molar-refractivity contribution in [1.29, 1.82) is 0 Å². The Kier molecular flexibility index (Phi) is 7.82. The normalized spacial score (nSPS) is 10.8. The molecule has 0 saturated carbocycles. The van der Waals surface area contributed by atoms with E-state index < -0.39 is 5.91 Å². The van der Waals surface area contributed by atoms with Crippen molar-refractivity contribution in [2.24, 2.45) is 0 Å². The minimum absolute atomic E-state index is 0.146. The zero-order valence-corrected chi connectivity index (χ0v) is 21.2. The number of hydrogen-bond acceptors (Lipinski definition) is 5. The van der Waals surface area contributed by atoms with E-state index in [2.05, 4.69) is 26.3 Å². The highest BCUT2D eigenvalue weighted by Gasteiger charge is 2.16. The molecule has 4 aromatic rings. The van der Waals surface area contributed by atoms with Crippen LogP contribution in [0.2, 0.25) is 10.0 Å². The Morgan fingerprint density at radius 1 is 1.09 bits per heavy atom. The van der Waals surface area contributed by atoms with Gasteiger partial charge in [-0.15, -0.1) is 0 Å². The first-order valence-electron chi connectivity index (χ1n) is 10.3. The molecule has 2 heterocycles. The van der Waals surface area contributed by atoms with Crippen LogP contribution in [0.4, 0.5) is 5.82 Å². The van der Waals surface area contributed by atoms with Gasteiger partial charge in [0.15, 0.2) is 11.6 Å². The number of nitrogens with one attached hydrogen (secondary N) is 1. The first kappa shape index (κ1) is 24.2. The van der Waals surface area contributed by atoms with Gasteiger partial charge in [0.05, 0.1) is 17.6 Å². The molecule has 10 heteroatoms. The lowest BCUT2D eigenvalue weighted by atomic mass is 10.2. The van der Waals surface area contributed by atoms with Gasteiger partial charge in [-0.25, -0.2) is 0 Å². The van der Waals surface area contributed by atoms with Gasteiger partial charge in [-0.3, -0.25) is 9.48 Å². The van der Waals surface area contributed by atoms with E-state index in [1.807, 2.05) is 37.3 Å². The number of anilines is 1. The summed E-state index contributed by atoms with van der Waals surface area (Å²) < 4.78 is 19.0. The van der Waals surface area contributed by atoms with Gasteiger partial charge in [0.25, 0.3) is 5.91 Å². The number of furan rings is 1. The second-order valence-electron chi connectivity index (χ2n) is 7.17. The molecule has 0 aliphatic heterocycles. The predicted molar refractivity (Wildman–Crippen MR) is 134 cm³/mol. The smallest absolute Gasteiger partial charge is 0.292 e. The molecule has 0 fully saturated rings. The molecular weight excluding hydrogens is 545 g/mol. The first-order chi connectivity index (χ1) is 16.4. The number of ether oxygens (including phenoxy) is 2. The van der Waals surface area contributed by atoms with Gasteiger partial charge in [0.1, 0.15) is 23.9 Å². The molecule has 1 amide bonds. The van der Waals surface area contributed by atoms with Gasteiger partial charge >= 0.3 is 0 Å². The van der Waals surface area contributed by atoms with E-state index >= 15 is 0 Å². The summed E-state index contributed by atoms with van der Waals surface area (Å²) in [5.74, 6) is 2.03. The molecule has 2 aromatic heterocycles. The van der Waals surface area contributed by atoms with Crippen molar-refractivity contribution in [1.82, 2.24) is 9.78 Å². The summed E-state index contributed by atoms with van der Waals surface area (Å²) in [6.07, 6.45) is 1.75. The number of hydrogen-bond donors (Lipinski definition) is 1. The highest BCUT2D eigenvalue weighted by molar-refractivity contribution is 9.10. The van der Waals surface area contributed by atoms with E-state index in [9.17, 15) is 4.79 Å². The molecule has 4 rings (SSSR count). The second-order valence-corrected chi connectivity index (χ2v) is 8.87. The number of nitrogens with zero attached hydrogens (tertiary/aromatic N) is 2. The van der Waals surface area contributed by atoms with Crippen LogP contribution < -0.4 is 14.8 Å². The minimum Gasteiger partial charge on any atom is -0.494 e. The topological polar surface area (TPSA) is 78.5 Å². The third-order valence-electron chi connectivity index (χ3n) is 4.70. The molecule has 2 aromatic carbocycles. The van der Waals surface area contributed by atoms with Gasteiger partial charge in [-0.05, 0) is 76.9 Å². The van der Waals surface area contributed by atoms with Gasteiger partial charge in [0, 0.05) is 16.2 Å². The lowest BCUT2D eigenvalue weighted by molar-refractivity contribution is 0.0992. The van der Waals surface area contributed by atoms with Crippen LogP contribution in [-0.4, -0.2) is 22.3 Å². The Morgan fingerprint density at radius 2 is 1.82 bits per heavy atom. The van der Waals surface area contributed by atoms with Crippen LogP contribution in [0.3, 0.4) is 0 Å². The molecule has 0 atom stereocenters. The summed E-state index contributed by atoms with van der Waals surface area (Å²) in [6.45, 7) is 3.13. The van der Waals surface area contributed by atoms with Crippen LogP contribution in [-0.2, 0) is 13.2 Å². The number of halogens is 3. The second kappa shape index (κ2) is 11.0. The molecule has 0 bridgehead atoms. The Balaban J connectivity index is 1.35. The monoisotopic (exact) mass is 563 g/mol. The fraction of sp³-hybridized carbons (Fsp3) is 0.167. The number of amides is 1. The molecular formula is C24H20BrCl2N3O4. The Hall–Kier alpha value is -2.94. The van der Waals surface area contributed by atoms with E-state index in [1.165, 1.54) is 0 Å². The summed E-state index contributed by atoms with van der Waals surface area (Å²) in [5.41, 5.74) is 0.849. The lowest BCUT2D eigenvalue weighted by Gasteiger charge is -2.06. The average Bonchev–Trinajstić information content (AvgIpc) is 3.42. The van der Waals surface area contributed by atoms with Crippen LogP contribution in [0, 0.1) is 0 Å². The van der Waals surface area contributed by atoms with Crippen LogP contribution in [0.15, 0.2) is 69.7 Å². The van der Waals surface area contributed by atoms with Crippen LogP contribution in [0.1, 0.15) is 28.8 Å². The van der Waals surface area contributed by atoms with Crippen molar-refractivity contribution in [3.8, 4) is 11.5 Å². The van der Waals surface area contributed by atoms with Crippen LogP contribution in [0.5, 0.6) is 11.5 Å². The zero-order chi connectivity index (χ0) is 24.1. The molecule has 0 unspecified atom stereocenters. The number of carbonyl (C=O) groups excluding carboxylic acids is 1. The standard InChI is InChI=1S/C24H20BrCl2N3O4/c1-2-32-17-5-7-18(8-6-17)33-14-19-9-10-22(34-19)24(31)28-23-20(25)13-30(29-23)12-15-3-4-16(26)11-21(15)27/h3-11,13H,2,12,14H2,1H3,(H,28,29,31). The summed E-state index contributed by atoms with van der Waals surface area (Å²) in [6, 6.07) is 15.8. The third kappa shape index (κ3) is 6.14. The van der Waals surface area contributed by atoms with Gasteiger partial charge < -0.3 is 19.2 Å². The highest BCUT2D eigenvalue weighted by Crippen LogP contribution is 2.25. The van der Waals surface area contributed by atoms with Crippen LogP contribution in [0.25, 0.3) is 0 Å². The number of benzene rings is 2. The number of carbonyl (C=O) groups is 1. The van der Waals surface area contributed by atoms with Crippen molar-refractivity contribution in [2.45, 2.75) is 20.1 Å². The van der Waals surface area contributed by atoms with E-state index in [1.54, 1.807) is 35.1 Å². The first-order valence-corrected chi connectivity index (χ1v) is 11.9. The Bertz CT molecular complexity index is 1290. The molecule has 0 aliphatic carbocycles. The largest absolute Gasteiger partial charge is 0.494 e. The summed E-state index contributed by atoms with van der Waals surface area (Å²) in [7, 11) is 0.